The molecule has 0 atom stereocenters. The van der Waals surface area contributed by atoms with Crippen LogP contribution in [-0.2, 0) is 0 Å². The molecule has 3 aromatic rings. The third kappa shape index (κ3) is 1.25. The summed E-state index contributed by atoms with van der Waals surface area (Å²) in [6, 6.07) is 13.6. The van der Waals surface area contributed by atoms with Gasteiger partial charge in [0.05, 0.1) is 16.8 Å². The Bertz CT molecular complexity index is 769. The van der Waals surface area contributed by atoms with Gasteiger partial charge in [-0.05, 0) is 12.1 Å². The Morgan fingerprint density at radius 2 is 1.71 bits per heavy atom. The molecule has 0 saturated carbocycles. The van der Waals surface area contributed by atoms with Gasteiger partial charge < -0.3 is 5.73 Å². The Hall–Kier alpha value is -2.60. The van der Waals surface area contributed by atoms with Gasteiger partial charge in [-0.25, -0.2) is 0 Å². The first-order valence-electron chi connectivity index (χ1n) is 5.28. The van der Waals surface area contributed by atoms with Gasteiger partial charge in [-0.2, -0.15) is 5.26 Å². The van der Waals surface area contributed by atoms with Crippen LogP contribution >= 0.6 is 0 Å². The van der Waals surface area contributed by atoms with Gasteiger partial charge in [-0.3, -0.25) is 4.98 Å². The number of benzene rings is 2. The van der Waals surface area contributed by atoms with Crippen molar-refractivity contribution < 1.29 is 0 Å². The SMILES string of the molecule is N#Cc1c(N)c2cccnc2c2ccccc12. The van der Waals surface area contributed by atoms with E-state index in [2.05, 4.69) is 11.1 Å². The van der Waals surface area contributed by atoms with E-state index in [0.29, 0.717) is 11.3 Å². The standard InChI is InChI=1S/C14H9N3/c15-8-12-9-4-1-2-5-10(9)14-11(13(12)16)6-3-7-17-14/h1-7H,16H2. The van der Waals surface area contributed by atoms with Gasteiger partial charge in [-0.15, -0.1) is 0 Å². The predicted octanol–water partition coefficient (Wildman–Crippen LogP) is 2.84. The summed E-state index contributed by atoms with van der Waals surface area (Å²) >= 11 is 0. The summed E-state index contributed by atoms with van der Waals surface area (Å²) in [5.41, 5.74) is 7.92. The fourth-order valence-corrected chi connectivity index (χ4v) is 2.15. The molecule has 2 aromatic carbocycles. The summed E-state index contributed by atoms with van der Waals surface area (Å²) in [6.07, 6.45) is 1.74. The molecule has 2 N–H and O–H groups in total. The van der Waals surface area contributed by atoms with Crippen LogP contribution < -0.4 is 5.73 Å². The maximum Gasteiger partial charge on any atom is 0.102 e. The molecule has 0 aliphatic rings. The summed E-state index contributed by atoms with van der Waals surface area (Å²) in [4.78, 5) is 4.36. The summed E-state index contributed by atoms with van der Waals surface area (Å²) < 4.78 is 0. The number of rotatable bonds is 0. The van der Waals surface area contributed by atoms with Crippen LogP contribution in [0.5, 0.6) is 0 Å². The molecule has 1 aromatic heterocycles. The zero-order valence-electron chi connectivity index (χ0n) is 9.01. The number of hydrogen-bond donors (Lipinski definition) is 1. The summed E-state index contributed by atoms with van der Waals surface area (Å²) in [7, 11) is 0. The van der Waals surface area contributed by atoms with E-state index in [1.807, 2.05) is 36.4 Å². The molecule has 0 fully saturated rings. The highest BCUT2D eigenvalue weighted by Gasteiger charge is 2.11. The lowest BCUT2D eigenvalue weighted by Gasteiger charge is -2.08. The Kier molecular flexibility index (Phi) is 1.96. The van der Waals surface area contributed by atoms with Crippen molar-refractivity contribution in [3.8, 4) is 6.07 Å². The minimum absolute atomic E-state index is 0.509. The van der Waals surface area contributed by atoms with Crippen LogP contribution in [0.1, 0.15) is 5.56 Å². The number of nitrogens with two attached hydrogens (primary N) is 1. The average Bonchev–Trinajstić information content (AvgIpc) is 2.40. The fraction of sp³-hybridized carbons (Fsp3) is 0. The van der Waals surface area contributed by atoms with Crippen molar-refractivity contribution in [3.63, 3.8) is 0 Å². The third-order valence-corrected chi connectivity index (χ3v) is 2.93. The smallest absolute Gasteiger partial charge is 0.102 e. The number of fused-ring (bicyclic) bond motifs is 3. The zero-order valence-corrected chi connectivity index (χ0v) is 9.01. The molecule has 0 aliphatic heterocycles. The van der Waals surface area contributed by atoms with Crippen molar-refractivity contribution in [2.24, 2.45) is 0 Å². The average molecular weight is 219 g/mol. The quantitative estimate of drug-likeness (QED) is 0.467. The molecule has 3 nitrogen and oxygen atoms in total. The molecule has 17 heavy (non-hydrogen) atoms. The number of pyridine rings is 1. The summed E-state index contributed by atoms with van der Waals surface area (Å²) in [5, 5.41) is 11.9. The van der Waals surface area contributed by atoms with Crippen LogP contribution in [0.15, 0.2) is 42.6 Å². The molecule has 0 amide bonds. The van der Waals surface area contributed by atoms with Crippen LogP contribution in [0.25, 0.3) is 21.7 Å². The number of nitrogen functional groups attached to an aromatic ring is 1. The van der Waals surface area contributed by atoms with Crippen molar-refractivity contribution in [3.05, 3.63) is 48.2 Å². The zero-order chi connectivity index (χ0) is 11.8. The van der Waals surface area contributed by atoms with E-state index in [4.69, 9.17) is 5.73 Å². The molecule has 80 valence electrons. The molecular weight excluding hydrogens is 210 g/mol. The largest absolute Gasteiger partial charge is 0.397 e. The number of nitriles is 1. The number of anilines is 1. The second kappa shape index (κ2) is 3.46. The van der Waals surface area contributed by atoms with Crippen LogP contribution in [0, 0.1) is 11.3 Å². The molecule has 0 saturated heterocycles. The van der Waals surface area contributed by atoms with Gasteiger partial charge in [0, 0.05) is 22.4 Å². The fourth-order valence-electron chi connectivity index (χ4n) is 2.15. The van der Waals surface area contributed by atoms with E-state index in [0.717, 1.165) is 21.7 Å². The molecule has 0 bridgehead atoms. The van der Waals surface area contributed by atoms with Gasteiger partial charge in [0.25, 0.3) is 0 Å². The van der Waals surface area contributed by atoms with Crippen LogP contribution in [0.3, 0.4) is 0 Å². The van der Waals surface area contributed by atoms with E-state index >= 15 is 0 Å². The molecule has 0 unspecified atom stereocenters. The van der Waals surface area contributed by atoms with Gasteiger partial charge >= 0.3 is 0 Å². The highest BCUT2D eigenvalue weighted by Crippen LogP contribution is 2.32. The molecule has 0 radical (unpaired) electrons. The van der Waals surface area contributed by atoms with Gasteiger partial charge in [0.2, 0.25) is 0 Å². The van der Waals surface area contributed by atoms with E-state index in [-0.39, 0.29) is 0 Å². The minimum atomic E-state index is 0.509. The van der Waals surface area contributed by atoms with Crippen LogP contribution in [0.4, 0.5) is 5.69 Å². The lowest BCUT2D eigenvalue weighted by atomic mass is 9.99. The highest BCUT2D eigenvalue weighted by molar-refractivity contribution is 6.13. The van der Waals surface area contributed by atoms with E-state index in [1.165, 1.54) is 0 Å². The second-order valence-electron chi connectivity index (χ2n) is 3.85. The lowest BCUT2D eigenvalue weighted by molar-refractivity contribution is 1.42. The van der Waals surface area contributed by atoms with Crippen molar-refractivity contribution >= 4 is 27.4 Å². The van der Waals surface area contributed by atoms with Crippen LogP contribution in [0.2, 0.25) is 0 Å². The first-order valence-corrected chi connectivity index (χ1v) is 5.28. The lowest BCUT2D eigenvalue weighted by Crippen LogP contribution is -1.95. The minimum Gasteiger partial charge on any atom is -0.397 e. The molecule has 1 heterocycles. The molecule has 0 spiro atoms. The maximum absolute atomic E-state index is 9.23. The van der Waals surface area contributed by atoms with Gasteiger partial charge in [-0.1, -0.05) is 24.3 Å². The van der Waals surface area contributed by atoms with Crippen molar-refractivity contribution in [1.82, 2.24) is 4.98 Å². The third-order valence-electron chi connectivity index (χ3n) is 2.93. The van der Waals surface area contributed by atoms with E-state index in [1.54, 1.807) is 6.20 Å². The predicted molar refractivity (Wildman–Crippen MR) is 68.4 cm³/mol. The molecule has 3 rings (SSSR count). The Labute approximate surface area is 98.1 Å². The Morgan fingerprint density at radius 1 is 1.00 bits per heavy atom. The second-order valence-corrected chi connectivity index (χ2v) is 3.85. The maximum atomic E-state index is 9.23. The van der Waals surface area contributed by atoms with Crippen molar-refractivity contribution in [2.75, 3.05) is 5.73 Å². The van der Waals surface area contributed by atoms with E-state index < -0.39 is 0 Å². The van der Waals surface area contributed by atoms with E-state index in [9.17, 15) is 5.26 Å². The monoisotopic (exact) mass is 219 g/mol. The topological polar surface area (TPSA) is 62.7 Å². The summed E-state index contributed by atoms with van der Waals surface area (Å²) in [5.74, 6) is 0. The van der Waals surface area contributed by atoms with Gasteiger partial charge in [0.1, 0.15) is 6.07 Å². The molecular formula is C14H9N3. The normalized spacial score (nSPS) is 10.5. The first kappa shape index (κ1) is 9.61. The van der Waals surface area contributed by atoms with Crippen LogP contribution in [-0.4, -0.2) is 4.98 Å². The van der Waals surface area contributed by atoms with Crippen molar-refractivity contribution in [1.29, 1.82) is 5.26 Å². The number of nitrogens with zero attached hydrogens (tertiary/aromatic N) is 2. The summed E-state index contributed by atoms with van der Waals surface area (Å²) in [6.45, 7) is 0. The first-order chi connectivity index (χ1) is 8.33. The highest BCUT2D eigenvalue weighted by atomic mass is 14.7. The Morgan fingerprint density at radius 3 is 2.47 bits per heavy atom. The van der Waals surface area contributed by atoms with Crippen molar-refractivity contribution in [2.45, 2.75) is 0 Å². The van der Waals surface area contributed by atoms with Gasteiger partial charge in [0.15, 0.2) is 0 Å². The Balaban J connectivity index is 2.70. The molecule has 0 aliphatic carbocycles. The number of hydrogen-bond acceptors (Lipinski definition) is 3. The molecule has 3 heteroatoms. The number of aromatic nitrogens is 1.